The Labute approximate surface area is 214 Å². The zero-order chi connectivity index (χ0) is 24.7. The second kappa shape index (κ2) is 7.91. The first-order valence-corrected chi connectivity index (χ1v) is 13.7. The number of hydrogen-bond acceptors (Lipinski definition) is 6. The minimum absolute atomic E-state index is 0.0199. The second-order valence-electron chi connectivity index (χ2n) is 10.0. The van der Waals surface area contributed by atoms with Gasteiger partial charge in [0.25, 0.3) is 0 Å². The van der Waals surface area contributed by atoms with Gasteiger partial charge in [-0.05, 0) is 41.9 Å². The number of para-hydroxylation sites is 1. The lowest BCUT2D eigenvalue weighted by Gasteiger charge is -2.43. The average molecular weight is 519 g/mol. The first-order valence-electron chi connectivity index (χ1n) is 12.1. The van der Waals surface area contributed by atoms with Gasteiger partial charge < -0.3 is 5.11 Å². The molecule has 0 radical (unpaired) electrons. The van der Waals surface area contributed by atoms with Crippen LogP contribution in [0.3, 0.4) is 0 Å². The third-order valence-corrected chi connectivity index (χ3v) is 11.1. The Kier molecular flexibility index (Phi) is 4.85. The number of aromatic nitrogens is 1. The Morgan fingerprint density at radius 3 is 2.22 bits per heavy atom. The summed E-state index contributed by atoms with van der Waals surface area (Å²) in [7, 11) is 0. The molecule has 7 rings (SSSR count). The fraction of sp³-hybridized carbons (Fsp3) is 0.333. The minimum Gasteiger partial charge on any atom is -0.480 e. The summed E-state index contributed by atoms with van der Waals surface area (Å²) in [6.45, 7) is -0.574. The van der Waals surface area contributed by atoms with Crippen LogP contribution in [0.4, 0.5) is 0 Å². The zero-order valence-electron chi connectivity index (χ0n) is 19.0. The standard InChI is InChI=1S/C27H22N2O5S2/c30-17(31)12-28-24(32)20-15-11-16(21(20)25(28)33)22-19(15)18(13-7-3-1-4-8-13)23-26(35-22)29(27(34)36-23)14-9-5-2-6-10-14/h1-10,15-16,18-22H,11-12H2,(H,30,31)/t15-,16+,18?,19?,20-,21+,22-/m1/s1. The lowest BCUT2D eigenvalue weighted by molar-refractivity contribution is -0.149. The van der Waals surface area contributed by atoms with Crippen molar-refractivity contribution in [1.82, 2.24) is 9.47 Å². The number of carbonyl (C=O) groups is 3. The molecule has 0 spiro atoms. The van der Waals surface area contributed by atoms with Gasteiger partial charge in [0.2, 0.25) is 11.8 Å². The molecular weight excluding hydrogens is 496 g/mol. The lowest BCUT2D eigenvalue weighted by atomic mass is 9.68. The van der Waals surface area contributed by atoms with E-state index in [9.17, 15) is 24.3 Å². The summed E-state index contributed by atoms with van der Waals surface area (Å²) < 4.78 is 1.79. The van der Waals surface area contributed by atoms with E-state index in [1.807, 2.05) is 48.5 Å². The number of thioether (sulfide) groups is 1. The van der Waals surface area contributed by atoms with Crippen LogP contribution >= 0.6 is 23.1 Å². The van der Waals surface area contributed by atoms with Crippen molar-refractivity contribution in [1.29, 1.82) is 0 Å². The fourth-order valence-corrected chi connectivity index (χ4v) is 10.4. The molecule has 2 unspecified atom stereocenters. The van der Waals surface area contributed by atoms with Crippen LogP contribution in [0.1, 0.15) is 22.8 Å². The number of thiazole rings is 1. The number of amides is 2. The summed E-state index contributed by atoms with van der Waals surface area (Å²) in [5, 5.41) is 10.3. The topological polar surface area (TPSA) is 96.7 Å². The van der Waals surface area contributed by atoms with Crippen molar-refractivity contribution in [2.24, 2.45) is 29.6 Å². The Hall–Kier alpha value is -3.17. The quantitative estimate of drug-likeness (QED) is 0.532. The Bertz CT molecular complexity index is 1470. The molecule has 2 aliphatic heterocycles. The molecule has 1 N–H and O–H groups in total. The maximum absolute atomic E-state index is 13.3. The molecule has 2 amide bonds. The largest absolute Gasteiger partial charge is 0.480 e. The summed E-state index contributed by atoms with van der Waals surface area (Å²) in [6.07, 6.45) is 0.782. The number of aliphatic carboxylic acids is 1. The summed E-state index contributed by atoms with van der Waals surface area (Å²) in [4.78, 5) is 53.2. The molecule has 7 atom stereocenters. The van der Waals surface area contributed by atoms with Gasteiger partial charge in [0.15, 0.2) is 0 Å². The van der Waals surface area contributed by atoms with Crippen LogP contribution in [0.5, 0.6) is 0 Å². The number of likely N-dealkylation sites (tertiary alicyclic amines) is 1. The van der Waals surface area contributed by atoms with Crippen LogP contribution < -0.4 is 4.87 Å². The monoisotopic (exact) mass is 518 g/mol. The number of carbonyl (C=O) groups excluding carboxylic acids is 2. The first kappa shape index (κ1) is 22.1. The second-order valence-corrected chi connectivity index (χ2v) is 12.2. The summed E-state index contributed by atoms with van der Waals surface area (Å²) in [6, 6.07) is 19.7. The van der Waals surface area contributed by atoms with E-state index < -0.39 is 24.3 Å². The van der Waals surface area contributed by atoms with E-state index >= 15 is 0 Å². The molecule has 182 valence electrons. The molecule has 36 heavy (non-hydrogen) atoms. The number of imide groups is 1. The normalized spacial score (nSPS) is 31.9. The molecule has 3 aromatic rings. The smallest absolute Gasteiger partial charge is 0.323 e. The van der Waals surface area contributed by atoms with Crippen molar-refractivity contribution in [3.8, 4) is 5.69 Å². The summed E-state index contributed by atoms with van der Waals surface area (Å²) in [5.41, 5.74) is 1.93. The highest BCUT2D eigenvalue weighted by molar-refractivity contribution is 8.00. The number of hydrogen-bond donors (Lipinski definition) is 1. The van der Waals surface area contributed by atoms with Crippen molar-refractivity contribution < 1.29 is 19.5 Å². The van der Waals surface area contributed by atoms with Crippen molar-refractivity contribution in [3.63, 3.8) is 0 Å². The number of carboxylic acids is 1. The van der Waals surface area contributed by atoms with Crippen LogP contribution in [0.25, 0.3) is 5.69 Å². The van der Waals surface area contributed by atoms with E-state index in [1.54, 1.807) is 16.3 Å². The van der Waals surface area contributed by atoms with Crippen LogP contribution in [0.15, 0.2) is 70.5 Å². The van der Waals surface area contributed by atoms with Gasteiger partial charge in [-0.25, -0.2) is 0 Å². The molecule has 7 nitrogen and oxygen atoms in total. The highest BCUT2D eigenvalue weighted by atomic mass is 32.2. The molecule has 2 bridgehead atoms. The van der Waals surface area contributed by atoms with Gasteiger partial charge in [-0.15, -0.1) is 11.8 Å². The third kappa shape index (κ3) is 2.93. The molecule has 1 saturated heterocycles. The maximum atomic E-state index is 13.3. The van der Waals surface area contributed by atoms with Crippen LogP contribution in [0, 0.1) is 29.6 Å². The highest BCUT2D eigenvalue weighted by Crippen LogP contribution is 2.68. The third-order valence-electron chi connectivity index (χ3n) is 8.43. The number of benzene rings is 2. The SMILES string of the molecule is O=C(O)CN1C(=O)[C@H]2[C@@H]3C[C@H](C4C(c5ccccc5)c5sc(=O)n(-c6ccccc6)c5S[C@@H]43)[C@H]2C1=O. The summed E-state index contributed by atoms with van der Waals surface area (Å²) >= 11 is 2.95. The lowest BCUT2D eigenvalue weighted by Crippen LogP contribution is -2.43. The van der Waals surface area contributed by atoms with Crippen molar-refractivity contribution >= 4 is 40.9 Å². The van der Waals surface area contributed by atoms with E-state index in [-0.39, 0.29) is 45.6 Å². The highest BCUT2D eigenvalue weighted by Gasteiger charge is 2.69. The van der Waals surface area contributed by atoms with Gasteiger partial charge in [0.05, 0.1) is 22.5 Å². The number of rotatable bonds is 4. The van der Waals surface area contributed by atoms with Gasteiger partial charge in [0.1, 0.15) is 6.54 Å². The van der Waals surface area contributed by atoms with E-state index in [4.69, 9.17) is 0 Å². The van der Waals surface area contributed by atoms with Gasteiger partial charge in [-0.3, -0.25) is 28.6 Å². The van der Waals surface area contributed by atoms with Gasteiger partial charge in [-0.1, -0.05) is 59.9 Å². The Morgan fingerprint density at radius 2 is 1.56 bits per heavy atom. The van der Waals surface area contributed by atoms with Crippen molar-refractivity contribution in [2.45, 2.75) is 22.6 Å². The fourth-order valence-electron chi connectivity index (χ4n) is 7.26. The number of carboxylic acid groups (broad SMARTS) is 1. The van der Waals surface area contributed by atoms with Gasteiger partial charge in [0, 0.05) is 16.0 Å². The predicted octanol–water partition coefficient (Wildman–Crippen LogP) is 3.46. The van der Waals surface area contributed by atoms with Crippen LogP contribution in [-0.2, 0) is 14.4 Å². The Morgan fingerprint density at radius 1 is 0.917 bits per heavy atom. The summed E-state index contributed by atoms with van der Waals surface area (Å²) in [5.74, 6) is -2.79. The van der Waals surface area contributed by atoms with E-state index in [0.29, 0.717) is 0 Å². The average Bonchev–Trinajstić information content (AvgIpc) is 3.59. The van der Waals surface area contributed by atoms with Gasteiger partial charge in [-0.2, -0.15) is 0 Å². The first-order chi connectivity index (χ1) is 17.5. The van der Waals surface area contributed by atoms with E-state index in [2.05, 4.69) is 12.1 Å². The predicted molar refractivity (Wildman–Crippen MR) is 134 cm³/mol. The van der Waals surface area contributed by atoms with Crippen LogP contribution in [-0.4, -0.2) is 44.2 Å². The number of nitrogens with zero attached hydrogens (tertiary/aromatic N) is 2. The molecule has 2 aromatic carbocycles. The molecule has 1 aromatic heterocycles. The van der Waals surface area contributed by atoms with E-state index in [1.165, 1.54) is 11.3 Å². The molecule has 3 fully saturated rings. The number of fused-ring (bicyclic) bond motifs is 9. The molecule has 3 heterocycles. The molecular formula is C27H22N2O5S2. The maximum Gasteiger partial charge on any atom is 0.323 e. The molecule has 2 aliphatic carbocycles. The van der Waals surface area contributed by atoms with Crippen LogP contribution in [0.2, 0.25) is 0 Å². The zero-order valence-corrected chi connectivity index (χ0v) is 20.7. The van der Waals surface area contributed by atoms with Gasteiger partial charge >= 0.3 is 10.8 Å². The molecule has 2 saturated carbocycles. The minimum atomic E-state index is -1.17. The van der Waals surface area contributed by atoms with E-state index in [0.717, 1.165) is 32.5 Å². The van der Waals surface area contributed by atoms with Crippen molar-refractivity contribution in [3.05, 3.63) is 80.8 Å². The molecule has 4 aliphatic rings. The van der Waals surface area contributed by atoms with Crippen molar-refractivity contribution in [2.75, 3.05) is 6.54 Å². The molecule has 9 heteroatoms. The Balaban J connectivity index is 1.38.